The summed E-state index contributed by atoms with van der Waals surface area (Å²) in [6.07, 6.45) is 4.06. The van der Waals surface area contributed by atoms with Crippen molar-refractivity contribution in [2.75, 3.05) is 33.3 Å². The van der Waals surface area contributed by atoms with Crippen LogP contribution in [0.5, 0.6) is 5.75 Å². The molecule has 2 N–H and O–H groups in total. The Morgan fingerprint density at radius 2 is 2.00 bits per heavy atom. The molecule has 190 valence electrons. The van der Waals surface area contributed by atoms with Gasteiger partial charge < -0.3 is 19.7 Å². The van der Waals surface area contributed by atoms with Crippen LogP contribution in [0.4, 0.5) is 4.39 Å². The van der Waals surface area contributed by atoms with Gasteiger partial charge in [0.05, 0.1) is 13.2 Å². The van der Waals surface area contributed by atoms with Gasteiger partial charge in [-0.3, -0.25) is 9.69 Å². The third kappa shape index (κ3) is 3.98. The molecule has 3 aliphatic rings. The summed E-state index contributed by atoms with van der Waals surface area (Å²) in [6, 6.07) is 12.6. The van der Waals surface area contributed by atoms with E-state index in [1.54, 1.807) is 25.3 Å². The SMILES string of the molecule is COc1ccc2c3c([nH]c2c1)CN(CC(O)c1ccccc1F)CC31CCN(C(=O)C2CCC2)CC1. The Balaban J connectivity index is 1.32. The van der Waals surface area contributed by atoms with Gasteiger partial charge in [-0.2, -0.15) is 0 Å². The van der Waals surface area contributed by atoms with E-state index >= 15 is 0 Å². The van der Waals surface area contributed by atoms with Crippen LogP contribution in [0.2, 0.25) is 0 Å². The Morgan fingerprint density at radius 3 is 2.69 bits per heavy atom. The molecule has 2 fully saturated rings. The second-order valence-corrected chi connectivity index (χ2v) is 10.8. The molecule has 1 unspecified atom stereocenters. The summed E-state index contributed by atoms with van der Waals surface area (Å²) in [7, 11) is 1.67. The van der Waals surface area contributed by atoms with E-state index in [0.717, 1.165) is 68.7 Å². The molecule has 1 saturated carbocycles. The molecular weight excluding hydrogens is 457 g/mol. The van der Waals surface area contributed by atoms with Gasteiger partial charge in [0.1, 0.15) is 11.6 Å². The number of halogens is 1. The number of carbonyl (C=O) groups excluding carboxylic acids is 1. The zero-order valence-corrected chi connectivity index (χ0v) is 20.8. The van der Waals surface area contributed by atoms with Gasteiger partial charge in [-0.15, -0.1) is 0 Å². The molecule has 0 bridgehead atoms. The topological polar surface area (TPSA) is 68.8 Å². The largest absolute Gasteiger partial charge is 0.497 e. The fourth-order valence-corrected chi connectivity index (χ4v) is 6.56. The molecule has 2 aliphatic heterocycles. The minimum atomic E-state index is -0.908. The van der Waals surface area contributed by atoms with E-state index in [-0.39, 0.29) is 17.2 Å². The van der Waals surface area contributed by atoms with E-state index in [1.165, 1.54) is 17.0 Å². The number of aliphatic hydroxyl groups excluding tert-OH is 1. The summed E-state index contributed by atoms with van der Waals surface area (Å²) in [4.78, 5) is 20.9. The number of nitrogens with zero attached hydrogens (tertiary/aromatic N) is 2. The molecule has 1 amide bonds. The lowest BCUT2D eigenvalue weighted by atomic mass is 9.69. The second-order valence-electron chi connectivity index (χ2n) is 10.8. The van der Waals surface area contributed by atoms with Crippen molar-refractivity contribution in [3.05, 3.63) is 65.1 Å². The molecular formula is C29H34FN3O3. The summed E-state index contributed by atoms with van der Waals surface area (Å²) >= 11 is 0. The number of benzene rings is 2. The number of aliphatic hydroxyl groups is 1. The second kappa shape index (κ2) is 9.20. The van der Waals surface area contributed by atoms with E-state index in [9.17, 15) is 14.3 Å². The molecule has 1 saturated heterocycles. The lowest BCUT2D eigenvalue weighted by Crippen LogP contribution is -2.54. The number of fused-ring (bicyclic) bond motifs is 4. The average molecular weight is 492 g/mol. The molecule has 6 nitrogen and oxygen atoms in total. The van der Waals surface area contributed by atoms with Crippen LogP contribution in [0.1, 0.15) is 55.0 Å². The summed E-state index contributed by atoms with van der Waals surface area (Å²) in [5.74, 6) is 0.970. The molecule has 1 spiro atoms. The van der Waals surface area contributed by atoms with Gasteiger partial charge >= 0.3 is 0 Å². The van der Waals surface area contributed by atoms with Crippen molar-refractivity contribution in [1.29, 1.82) is 0 Å². The fraction of sp³-hybridized carbons (Fsp3) is 0.483. The third-order valence-electron chi connectivity index (χ3n) is 8.70. The smallest absolute Gasteiger partial charge is 0.225 e. The molecule has 7 heteroatoms. The Labute approximate surface area is 211 Å². The van der Waals surface area contributed by atoms with Crippen molar-refractivity contribution >= 4 is 16.8 Å². The highest BCUT2D eigenvalue weighted by Crippen LogP contribution is 2.46. The highest BCUT2D eigenvalue weighted by Gasteiger charge is 2.45. The van der Waals surface area contributed by atoms with Gasteiger partial charge in [-0.05, 0) is 49.4 Å². The van der Waals surface area contributed by atoms with Crippen molar-refractivity contribution in [1.82, 2.24) is 14.8 Å². The van der Waals surface area contributed by atoms with Crippen LogP contribution in [0, 0.1) is 11.7 Å². The summed E-state index contributed by atoms with van der Waals surface area (Å²) in [6.45, 7) is 3.29. The Hall–Kier alpha value is -2.90. The van der Waals surface area contributed by atoms with Crippen molar-refractivity contribution in [2.24, 2.45) is 5.92 Å². The first-order valence-corrected chi connectivity index (χ1v) is 13.1. The molecule has 1 aliphatic carbocycles. The van der Waals surface area contributed by atoms with Gasteiger partial charge in [0.2, 0.25) is 5.91 Å². The molecule has 3 heterocycles. The lowest BCUT2D eigenvalue weighted by Gasteiger charge is -2.49. The van der Waals surface area contributed by atoms with E-state index in [0.29, 0.717) is 24.6 Å². The number of carbonyl (C=O) groups is 1. The average Bonchev–Trinajstić information content (AvgIpc) is 3.21. The molecule has 36 heavy (non-hydrogen) atoms. The number of methoxy groups -OCH3 is 1. The van der Waals surface area contributed by atoms with Crippen LogP contribution in [0.15, 0.2) is 42.5 Å². The number of aromatic nitrogens is 1. The number of ether oxygens (including phenoxy) is 1. The predicted octanol–water partition coefficient (Wildman–Crippen LogP) is 4.53. The minimum Gasteiger partial charge on any atom is -0.497 e. The van der Waals surface area contributed by atoms with Crippen LogP contribution in [-0.4, -0.2) is 59.1 Å². The number of aromatic amines is 1. The normalized spacial score (nSPS) is 20.8. The number of rotatable bonds is 5. The monoisotopic (exact) mass is 491 g/mol. The number of β-amino-alcohol motifs (C(OH)–C–C–N with tert-alkyl or cyclic N) is 1. The number of hydrogen-bond acceptors (Lipinski definition) is 4. The lowest BCUT2D eigenvalue weighted by molar-refractivity contribution is -0.140. The van der Waals surface area contributed by atoms with E-state index in [4.69, 9.17) is 4.74 Å². The molecule has 3 aromatic rings. The highest BCUT2D eigenvalue weighted by atomic mass is 19.1. The predicted molar refractivity (Wildman–Crippen MR) is 136 cm³/mol. The minimum absolute atomic E-state index is 0.133. The maximum Gasteiger partial charge on any atom is 0.225 e. The van der Waals surface area contributed by atoms with E-state index < -0.39 is 6.10 Å². The molecule has 2 aromatic carbocycles. The summed E-state index contributed by atoms with van der Waals surface area (Å²) < 4.78 is 19.8. The molecule has 0 radical (unpaired) electrons. The maximum atomic E-state index is 14.4. The number of amides is 1. The van der Waals surface area contributed by atoms with E-state index in [2.05, 4.69) is 20.9 Å². The first-order chi connectivity index (χ1) is 17.5. The number of piperidine rings is 1. The zero-order valence-electron chi connectivity index (χ0n) is 20.8. The third-order valence-corrected chi connectivity index (χ3v) is 8.70. The fourth-order valence-electron chi connectivity index (χ4n) is 6.56. The Kier molecular flexibility index (Phi) is 6.00. The molecule has 1 aromatic heterocycles. The molecule has 6 rings (SSSR count). The van der Waals surface area contributed by atoms with Crippen LogP contribution in [-0.2, 0) is 16.8 Å². The number of hydrogen-bond donors (Lipinski definition) is 2. The summed E-state index contributed by atoms with van der Waals surface area (Å²) in [5.41, 5.74) is 3.73. The van der Waals surface area contributed by atoms with Crippen molar-refractivity contribution < 1.29 is 19.0 Å². The van der Waals surface area contributed by atoms with Crippen LogP contribution < -0.4 is 4.74 Å². The number of nitrogens with one attached hydrogen (secondary N) is 1. The van der Waals surface area contributed by atoms with Crippen molar-refractivity contribution in [3.8, 4) is 5.75 Å². The Morgan fingerprint density at radius 1 is 1.22 bits per heavy atom. The van der Waals surface area contributed by atoms with Gasteiger partial charge in [-0.25, -0.2) is 4.39 Å². The first-order valence-electron chi connectivity index (χ1n) is 13.1. The van der Waals surface area contributed by atoms with E-state index in [1.807, 2.05) is 12.1 Å². The van der Waals surface area contributed by atoms with Gasteiger partial charge in [0.15, 0.2) is 0 Å². The van der Waals surface area contributed by atoms with Crippen LogP contribution in [0.25, 0.3) is 10.9 Å². The number of likely N-dealkylation sites (tertiary alicyclic amines) is 1. The van der Waals surface area contributed by atoms with Crippen molar-refractivity contribution in [2.45, 2.75) is 50.2 Å². The molecule has 1 atom stereocenters. The first kappa shape index (κ1) is 23.5. The maximum absolute atomic E-state index is 14.4. The van der Waals surface area contributed by atoms with Crippen molar-refractivity contribution in [3.63, 3.8) is 0 Å². The standard InChI is InChI=1S/C29H34FN3O3/c1-36-20-9-10-22-24(15-20)31-25-16-32(17-26(34)21-7-2-3-8-23(21)30)18-29(27(22)25)11-13-33(14-12-29)28(35)19-5-4-6-19/h2-3,7-10,15,19,26,31,34H,4-6,11-14,16-18H2,1H3. The summed E-state index contributed by atoms with van der Waals surface area (Å²) in [5, 5.41) is 12.2. The zero-order chi connectivity index (χ0) is 24.9. The van der Waals surface area contributed by atoms with Crippen LogP contribution in [0.3, 0.4) is 0 Å². The van der Waals surface area contributed by atoms with Crippen LogP contribution >= 0.6 is 0 Å². The van der Waals surface area contributed by atoms with Gasteiger partial charge in [-0.1, -0.05) is 24.6 Å². The quantitative estimate of drug-likeness (QED) is 0.551. The highest BCUT2D eigenvalue weighted by molar-refractivity contribution is 5.87. The van der Waals surface area contributed by atoms with Gasteiger partial charge in [0, 0.05) is 72.3 Å². The number of H-pyrrole nitrogens is 1. The Bertz CT molecular complexity index is 1280. The van der Waals surface area contributed by atoms with Gasteiger partial charge in [0.25, 0.3) is 0 Å².